The Morgan fingerprint density at radius 2 is 0.692 bits per heavy atom. The summed E-state index contributed by atoms with van der Waals surface area (Å²) in [5.41, 5.74) is -8.20. The van der Waals surface area contributed by atoms with Crippen molar-refractivity contribution in [1.82, 2.24) is 0 Å². The number of hydrogen-bond acceptors (Lipinski definition) is 0. The quantitative estimate of drug-likeness (QED) is 0.188. The molecule has 0 aliphatic heterocycles. The fourth-order valence-electron chi connectivity index (χ4n) is 4.50. The van der Waals surface area contributed by atoms with Gasteiger partial charge in [0, 0.05) is 0 Å². The summed E-state index contributed by atoms with van der Waals surface area (Å²) < 4.78 is 163. The lowest BCUT2D eigenvalue weighted by atomic mass is 9.41. The average Bonchev–Trinajstić information content (AvgIpc) is 2.69. The van der Waals surface area contributed by atoms with Crippen molar-refractivity contribution in [2.45, 2.75) is 76.6 Å². The van der Waals surface area contributed by atoms with Crippen molar-refractivity contribution >= 4 is 25.6 Å². The Bertz CT molecular complexity index is 1010. The zero-order valence-corrected chi connectivity index (χ0v) is 22.6. The molecule has 0 saturated heterocycles. The number of hydrogen-bond donors (Lipinski definition) is 0. The van der Waals surface area contributed by atoms with Gasteiger partial charge in [0.15, 0.2) is 0 Å². The molecule has 2 aromatic rings. The Morgan fingerprint density at radius 3 is 0.872 bits per heavy atom. The fraction of sp³-hybridized carbons (Fsp3) is 0.520. The van der Waals surface area contributed by atoms with Gasteiger partial charge in [-0.25, -0.2) is 0 Å². The van der Waals surface area contributed by atoms with Gasteiger partial charge in [-0.15, -0.1) is 7.92 Å². The predicted molar refractivity (Wildman–Crippen MR) is 129 cm³/mol. The van der Waals surface area contributed by atoms with E-state index in [0.29, 0.717) is 24.3 Å². The summed E-state index contributed by atoms with van der Waals surface area (Å²) in [6, 6.07) is 0.935. The number of alkyl halides is 12. The van der Waals surface area contributed by atoms with Crippen LogP contribution in [0.4, 0.5) is 52.7 Å². The maximum Gasteiger partial charge on any atom is 0.416 e. The molecule has 0 nitrogen and oxygen atoms in total. The van der Waals surface area contributed by atoms with Crippen molar-refractivity contribution in [2.75, 3.05) is 6.06 Å². The molecule has 0 heterocycles. The van der Waals surface area contributed by atoms with E-state index >= 15 is 0 Å². The molecule has 0 fully saturated rings. The zero-order chi connectivity index (χ0) is 30.6. The second-order valence-corrected chi connectivity index (χ2v) is 15.1. The van der Waals surface area contributed by atoms with Crippen LogP contribution in [0.1, 0.15) is 63.8 Å². The molecule has 14 heteroatoms. The fourth-order valence-corrected chi connectivity index (χ4v) is 8.39. The molecule has 0 amide bonds. The minimum Gasteiger partial charge on any atom is -0.166 e. The van der Waals surface area contributed by atoms with Crippen molar-refractivity contribution in [1.29, 1.82) is 0 Å². The van der Waals surface area contributed by atoms with E-state index < -0.39 is 82.8 Å². The van der Waals surface area contributed by atoms with Gasteiger partial charge in [-0.05, 0) is 28.5 Å². The van der Waals surface area contributed by atoms with Crippen LogP contribution in [0.3, 0.4) is 0 Å². The van der Waals surface area contributed by atoms with E-state index in [-0.39, 0.29) is 18.2 Å². The normalized spacial score (nSPS) is 14.2. The molecular formula is C25H26BF12P. The molecule has 0 aliphatic carbocycles. The highest BCUT2D eigenvalue weighted by Gasteiger charge is 2.43. The molecule has 0 radical (unpaired) electrons. The van der Waals surface area contributed by atoms with E-state index in [1.54, 1.807) is 41.5 Å². The van der Waals surface area contributed by atoms with Gasteiger partial charge in [-0.2, -0.15) is 52.7 Å². The molecule has 218 valence electrons. The lowest BCUT2D eigenvalue weighted by molar-refractivity contribution is -0.144. The van der Waals surface area contributed by atoms with Crippen molar-refractivity contribution in [2.24, 2.45) is 0 Å². The van der Waals surface area contributed by atoms with Crippen LogP contribution in [0.5, 0.6) is 0 Å². The molecular weight excluding hydrogens is 570 g/mol. The minimum atomic E-state index is -5.26. The highest BCUT2D eigenvalue weighted by molar-refractivity contribution is 7.63. The summed E-state index contributed by atoms with van der Waals surface area (Å²) >= 11 is 0. The maximum absolute atomic E-state index is 13.6. The topological polar surface area (TPSA) is 0 Å². The Balaban J connectivity index is 3.03. The van der Waals surface area contributed by atoms with Gasteiger partial charge in [0.1, 0.15) is 0 Å². The van der Waals surface area contributed by atoms with Crippen molar-refractivity contribution in [3.63, 3.8) is 0 Å². The maximum atomic E-state index is 13.6. The Kier molecular flexibility index (Phi) is 8.96. The van der Waals surface area contributed by atoms with Crippen LogP contribution in [-0.2, 0) is 24.7 Å². The first kappa shape index (κ1) is 33.3. The van der Waals surface area contributed by atoms with E-state index in [2.05, 4.69) is 0 Å². The lowest BCUT2D eigenvalue weighted by Crippen LogP contribution is -2.49. The number of rotatable bonds is 4. The number of benzene rings is 2. The summed E-state index contributed by atoms with van der Waals surface area (Å²) in [5, 5.41) is -1.23. The first-order valence-corrected chi connectivity index (χ1v) is 13.0. The Hall–Kier alpha value is -1.91. The predicted octanol–water partition coefficient (Wildman–Crippen LogP) is 8.99. The van der Waals surface area contributed by atoms with Gasteiger partial charge in [-0.1, -0.05) is 76.7 Å². The van der Waals surface area contributed by atoms with Gasteiger partial charge in [0.05, 0.1) is 22.3 Å². The summed E-state index contributed by atoms with van der Waals surface area (Å²) in [5.74, 6) is 0. The largest absolute Gasteiger partial charge is 0.416 e. The molecule has 0 atom stereocenters. The SMILES string of the molecule is CC(C)(C)P(CB(c1cc(C(F)(F)F)cc(C(F)(F)F)c1)c1cc(C(F)(F)F)cc(C(F)(F)F)c1)C(C)(C)C. The van der Waals surface area contributed by atoms with E-state index in [1.807, 2.05) is 0 Å². The molecule has 39 heavy (non-hydrogen) atoms. The second kappa shape index (κ2) is 10.5. The van der Waals surface area contributed by atoms with Crippen LogP contribution in [0.15, 0.2) is 36.4 Å². The molecule has 0 aliphatic rings. The van der Waals surface area contributed by atoms with Crippen LogP contribution in [0, 0.1) is 0 Å². The van der Waals surface area contributed by atoms with Crippen molar-refractivity contribution in [3.05, 3.63) is 58.7 Å². The molecule has 0 spiro atoms. The van der Waals surface area contributed by atoms with Crippen molar-refractivity contribution < 1.29 is 52.7 Å². The molecule has 2 aromatic carbocycles. The van der Waals surface area contributed by atoms with Gasteiger partial charge in [0.25, 0.3) is 0 Å². The average molecular weight is 596 g/mol. The molecule has 0 saturated carbocycles. The second-order valence-electron chi connectivity index (χ2n) is 11.2. The summed E-state index contributed by atoms with van der Waals surface area (Å²) in [6.07, 6.45) is -21.0. The van der Waals surface area contributed by atoms with E-state index in [0.717, 1.165) is 0 Å². The number of halogens is 12. The first-order chi connectivity index (χ1) is 17.1. The van der Waals surface area contributed by atoms with E-state index in [4.69, 9.17) is 0 Å². The lowest BCUT2D eigenvalue weighted by Gasteiger charge is -2.43. The van der Waals surface area contributed by atoms with Crippen LogP contribution in [-0.4, -0.2) is 23.1 Å². The Labute approximate surface area is 220 Å². The molecule has 0 N–H and O–H groups in total. The van der Waals surface area contributed by atoms with Crippen molar-refractivity contribution in [3.8, 4) is 0 Å². The smallest absolute Gasteiger partial charge is 0.166 e. The zero-order valence-electron chi connectivity index (χ0n) is 21.7. The van der Waals surface area contributed by atoms with Crippen LogP contribution in [0.2, 0.25) is 0 Å². The monoisotopic (exact) mass is 596 g/mol. The highest BCUT2D eigenvalue weighted by atomic mass is 31.1. The molecule has 2 rings (SSSR count). The third kappa shape index (κ3) is 8.54. The van der Waals surface area contributed by atoms with Crippen LogP contribution >= 0.6 is 7.92 Å². The first-order valence-electron chi connectivity index (χ1n) is 11.5. The van der Waals surface area contributed by atoms with E-state index in [1.165, 1.54) is 0 Å². The van der Waals surface area contributed by atoms with Gasteiger partial charge < -0.3 is 0 Å². The third-order valence-corrected chi connectivity index (χ3v) is 9.98. The minimum absolute atomic E-state index is 0.135. The molecule has 0 bridgehead atoms. The third-order valence-electron chi connectivity index (χ3n) is 6.01. The molecule has 0 aromatic heterocycles. The highest BCUT2D eigenvalue weighted by Crippen LogP contribution is 2.59. The van der Waals surface area contributed by atoms with E-state index in [9.17, 15) is 52.7 Å². The van der Waals surface area contributed by atoms with Gasteiger partial charge >= 0.3 is 24.7 Å². The van der Waals surface area contributed by atoms with Gasteiger partial charge in [-0.3, -0.25) is 0 Å². The Morgan fingerprint density at radius 1 is 0.462 bits per heavy atom. The summed E-state index contributed by atoms with van der Waals surface area (Å²) in [4.78, 5) is 0. The summed E-state index contributed by atoms with van der Waals surface area (Å²) in [6.45, 7) is 8.87. The molecule has 0 unspecified atom stereocenters. The standard InChI is InChI=1S/C25H26BF12P/c1-20(2,3)39(21(4,5)6)13-26(18-9-14(22(27,28)29)7-15(10-18)23(30,31)32)19-11-16(24(33,34)35)8-17(12-19)25(36,37)38/h7-12H,13H2,1-6H3. The van der Waals surface area contributed by atoms with Gasteiger partial charge in [0.2, 0.25) is 6.71 Å². The van der Waals surface area contributed by atoms with Crippen LogP contribution in [0.25, 0.3) is 0 Å². The van der Waals surface area contributed by atoms with Crippen LogP contribution < -0.4 is 10.9 Å². The summed E-state index contributed by atoms with van der Waals surface area (Å²) in [7, 11) is -1.41.